The Morgan fingerprint density at radius 1 is 0.537 bits per heavy atom. The predicted molar refractivity (Wildman–Crippen MR) is 166 cm³/mol. The summed E-state index contributed by atoms with van der Waals surface area (Å²) < 4.78 is 153. The van der Waals surface area contributed by atoms with Crippen LogP contribution in [0.15, 0.2) is 82.2 Å². The quantitative estimate of drug-likeness (QED) is 0.121. The second-order valence-electron chi connectivity index (χ2n) is 12.2. The van der Waals surface area contributed by atoms with Crippen molar-refractivity contribution in [1.29, 1.82) is 0 Å². The standard InChI is InChI=1S/C34H28F10N6O4/c1-47(2)23(51)17-49-13-9-19(10-14-49)25-27(31(35,36)33(39,40)41)53-29(45-25)21-5-7-22(8-6-21)30-46-26(28(54-30)32(37,38)34(42,43)44)20-11-15-50(16-12-20)18-24(52)48(3)4/h5-16H,17-18H2,1-4H3/q+2. The fraction of sp³-hybridized carbons (Fsp3) is 0.294. The lowest BCUT2D eigenvalue weighted by molar-refractivity contribution is -0.685. The maximum Gasteiger partial charge on any atom is 0.461 e. The van der Waals surface area contributed by atoms with E-state index in [4.69, 9.17) is 8.83 Å². The van der Waals surface area contributed by atoms with Gasteiger partial charge >= 0.3 is 24.2 Å². The summed E-state index contributed by atoms with van der Waals surface area (Å²) in [7, 11) is 5.99. The molecule has 0 radical (unpaired) electrons. The molecule has 1 aromatic carbocycles. The summed E-state index contributed by atoms with van der Waals surface area (Å²) in [4.78, 5) is 34.4. The van der Waals surface area contributed by atoms with Gasteiger partial charge in [0.15, 0.2) is 24.8 Å². The van der Waals surface area contributed by atoms with Crippen LogP contribution in [0.5, 0.6) is 0 Å². The van der Waals surface area contributed by atoms with Crippen LogP contribution in [0, 0.1) is 0 Å². The maximum absolute atomic E-state index is 14.7. The van der Waals surface area contributed by atoms with Gasteiger partial charge in [0.2, 0.25) is 36.4 Å². The molecule has 54 heavy (non-hydrogen) atoms. The van der Waals surface area contributed by atoms with Crippen molar-refractivity contribution in [2.45, 2.75) is 37.3 Å². The minimum absolute atomic E-state index is 0.165. The molecule has 0 N–H and O–H groups in total. The van der Waals surface area contributed by atoms with E-state index in [2.05, 4.69) is 9.97 Å². The van der Waals surface area contributed by atoms with Gasteiger partial charge in [-0.15, -0.1) is 0 Å². The Balaban J connectivity index is 1.53. The van der Waals surface area contributed by atoms with Gasteiger partial charge in [-0.25, -0.2) is 9.97 Å². The highest BCUT2D eigenvalue weighted by Crippen LogP contribution is 2.50. The molecule has 4 aromatic heterocycles. The molecule has 5 rings (SSSR count). The molecule has 0 spiro atoms. The molecule has 10 nitrogen and oxygen atoms in total. The summed E-state index contributed by atoms with van der Waals surface area (Å²) in [6.07, 6.45) is -7.16. The van der Waals surface area contributed by atoms with Crippen molar-refractivity contribution >= 4 is 11.8 Å². The Labute approximate surface area is 298 Å². The summed E-state index contributed by atoms with van der Waals surface area (Å²) in [5.74, 6) is -16.8. The second kappa shape index (κ2) is 14.2. The molecule has 0 aliphatic carbocycles. The average molecular weight is 775 g/mol. The van der Waals surface area contributed by atoms with Gasteiger partial charge in [0.25, 0.3) is 11.8 Å². The van der Waals surface area contributed by atoms with Gasteiger partial charge in [-0.3, -0.25) is 9.59 Å². The number of carbonyl (C=O) groups is 2. The monoisotopic (exact) mass is 774 g/mol. The molecule has 4 heterocycles. The minimum Gasteiger partial charge on any atom is -0.434 e. The van der Waals surface area contributed by atoms with Crippen LogP contribution in [0.25, 0.3) is 45.4 Å². The lowest BCUT2D eigenvalue weighted by atomic mass is 10.1. The van der Waals surface area contributed by atoms with Crippen LogP contribution in [-0.4, -0.2) is 72.1 Å². The van der Waals surface area contributed by atoms with Crippen molar-refractivity contribution in [1.82, 2.24) is 19.8 Å². The van der Waals surface area contributed by atoms with Gasteiger partial charge in [-0.1, -0.05) is 0 Å². The van der Waals surface area contributed by atoms with E-state index in [1.54, 1.807) is 0 Å². The highest BCUT2D eigenvalue weighted by Gasteiger charge is 2.64. The Kier molecular flexibility index (Phi) is 10.4. The van der Waals surface area contributed by atoms with Gasteiger partial charge in [0, 0.05) is 74.7 Å². The zero-order valence-electron chi connectivity index (χ0n) is 28.4. The van der Waals surface area contributed by atoms with Gasteiger partial charge in [0.1, 0.15) is 11.4 Å². The lowest BCUT2D eigenvalue weighted by Gasteiger charge is -2.17. The Morgan fingerprint density at radius 2 is 0.833 bits per heavy atom. The summed E-state index contributed by atoms with van der Waals surface area (Å²) in [6.45, 7) is -0.331. The number of amides is 2. The van der Waals surface area contributed by atoms with Gasteiger partial charge in [-0.05, 0) is 24.3 Å². The number of rotatable bonds is 10. The summed E-state index contributed by atoms with van der Waals surface area (Å²) >= 11 is 0. The van der Waals surface area contributed by atoms with E-state index in [9.17, 15) is 53.5 Å². The molecule has 0 aliphatic rings. The molecule has 0 saturated carbocycles. The SMILES string of the molecule is CN(C)C(=O)C[n+]1ccc(-c2nc(-c3ccc(-c4nc(-c5cc[n+](CC(=O)N(C)C)cc5)c(C(F)(F)C(F)(F)F)o4)cc3)oc2C(F)(F)C(F)(F)F)cc1. The van der Waals surface area contributed by atoms with E-state index >= 15 is 0 Å². The van der Waals surface area contributed by atoms with E-state index in [1.165, 1.54) is 71.9 Å². The zero-order chi connectivity index (χ0) is 40.0. The van der Waals surface area contributed by atoms with E-state index in [0.717, 1.165) is 48.5 Å². The fourth-order valence-electron chi connectivity index (χ4n) is 4.75. The molecule has 5 aromatic rings. The number of benzene rings is 1. The van der Waals surface area contributed by atoms with Gasteiger partial charge < -0.3 is 18.6 Å². The van der Waals surface area contributed by atoms with Crippen LogP contribution in [0.4, 0.5) is 43.9 Å². The Morgan fingerprint density at radius 3 is 1.09 bits per heavy atom. The smallest absolute Gasteiger partial charge is 0.434 e. The number of alkyl halides is 10. The molecule has 2 amide bonds. The normalized spacial score (nSPS) is 12.6. The van der Waals surface area contributed by atoms with Crippen molar-refractivity contribution < 1.29 is 71.5 Å². The first kappa shape index (κ1) is 39.4. The molecule has 20 heteroatoms. The maximum atomic E-state index is 14.7. The molecule has 0 bridgehead atoms. The molecule has 0 atom stereocenters. The third kappa shape index (κ3) is 7.76. The van der Waals surface area contributed by atoms with Crippen molar-refractivity contribution in [3.8, 4) is 45.4 Å². The molecule has 0 unspecified atom stereocenters. The van der Waals surface area contributed by atoms with Crippen molar-refractivity contribution in [3.63, 3.8) is 0 Å². The largest absolute Gasteiger partial charge is 0.461 e. The van der Waals surface area contributed by atoms with E-state index in [0.29, 0.717) is 0 Å². The minimum atomic E-state index is -6.10. The van der Waals surface area contributed by atoms with Gasteiger partial charge in [0.05, 0.1) is 0 Å². The summed E-state index contributed by atoms with van der Waals surface area (Å²) in [6, 6.07) is 8.83. The Hall–Kier alpha value is -5.82. The third-order valence-corrected chi connectivity index (χ3v) is 7.88. The van der Waals surface area contributed by atoms with Crippen LogP contribution < -0.4 is 9.13 Å². The van der Waals surface area contributed by atoms with E-state index in [1.807, 2.05) is 0 Å². The van der Waals surface area contributed by atoms with Crippen LogP contribution in [-0.2, 0) is 34.5 Å². The van der Waals surface area contributed by atoms with Crippen LogP contribution in [0.1, 0.15) is 11.5 Å². The number of oxazole rings is 2. The molecule has 0 saturated heterocycles. The first-order valence-electron chi connectivity index (χ1n) is 15.4. The number of hydrogen-bond acceptors (Lipinski definition) is 6. The topological polar surface area (TPSA) is 100 Å². The molecule has 286 valence electrons. The van der Waals surface area contributed by atoms with Crippen LogP contribution in [0.3, 0.4) is 0 Å². The molecular formula is C34H28F10N6O4+2. The van der Waals surface area contributed by atoms with E-state index < -0.39 is 58.9 Å². The van der Waals surface area contributed by atoms with Crippen molar-refractivity contribution in [2.24, 2.45) is 0 Å². The summed E-state index contributed by atoms with van der Waals surface area (Å²) in [5, 5.41) is 0. The summed E-state index contributed by atoms with van der Waals surface area (Å²) in [5.41, 5.74) is -2.60. The van der Waals surface area contributed by atoms with Crippen molar-refractivity contribution in [3.05, 3.63) is 84.8 Å². The molecular weight excluding hydrogens is 746 g/mol. The number of pyridine rings is 2. The number of likely N-dealkylation sites (N-methyl/N-ethyl adjacent to an activating group) is 2. The number of halogens is 10. The molecule has 0 aliphatic heterocycles. The number of nitrogens with zero attached hydrogens (tertiary/aromatic N) is 6. The first-order chi connectivity index (χ1) is 25.0. The highest BCUT2D eigenvalue weighted by atomic mass is 19.4. The number of aromatic nitrogens is 4. The molecule has 0 fully saturated rings. The second-order valence-corrected chi connectivity index (χ2v) is 12.2. The van der Waals surface area contributed by atoms with Crippen LogP contribution >= 0.6 is 0 Å². The lowest BCUT2D eigenvalue weighted by Crippen LogP contribution is -2.41. The average Bonchev–Trinajstić information content (AvgIpc) is 3.75. The van der Waals surface area contributed by atoms with Crippen molar-refractivity contribution in [2.75, 3.05) is 28.2 Å². The van der Waals surface area contributed by atoms with E-state index in [-0.39, 0.29) is 47.2 Å². The van der Waals surface area contributed by atoms with Gasteiger partial charge in [-0.2, -0.15) is 53.0 Å². The highest BCUT2D eigenvalue weighted by molar-refractivity contribution is 5.74. The third-order valence-electron chi connectivity index (χ3n) is 7.88. The number of carbonyl (C=O) groups excluding carboxylic acids is 2. The Bertz CT molecular complexity index is 1990. The number of hydrogen-bond donors (Lipinski definition) is 0. The first-order valence-corrected chi connectivity index (χ1v) is 15.4. The van der Waals surface area contributed by atoms with Crippen LogP contribution in [0.2, 0.25) is 0 Å². The predicted octanol–water partition coefficient (Wildman–Crippen LogP) is 6.39. The fourth-order valence-corrected chi connectivity index (χ4v) is 4.75. The zero-order valence-corrected chi connectivity index (χ0v) is 28.4.